The highest BCUT2D eigenvalue weighted by Crippen LogP contribution is 2.36. The molecule has 0 saturated heterocycles. The van der Waals surface area contributed by atoms with Crippen LogP contribution in [0.25, 0.3) is 11.1 Å². The first-order chi connectivity index (χ1) is 12.1. The topological polar surface area (TPSA) is 43.4 Å². The summed E-state index contributed by atoms with van der Waals surface area (Å²) in [7, 11) is 0. The minimum Gasteiger partial charge on any atom is -0.423 e. The van der Waals surface area contributed by atoms with Gasteiger partial charge in [0, 0.05) is 12.0 Å². The fourth-order valence-corrected chi connectivity index (χ4v) is 3.19. The molecule has 0 fully saturated rings. The molecule has 4 rings (SSSR count). The summed E-state index contributed by atoms with van der Waals surface area (Å²) in [5.74, 6) is 0.00191. The van der Waals surface area contributed by atoms with E-state index in [0.29, 0.717) is 23.3 Å². The lowest BCUT2D eigenvalue weighted by Crippen LogP contribution is -2.14. The second-order valence-electron chi connectivity index (χ2n) is 6.22. The maximum absolute atomic E-state index is 12.5. The summed E-state index contributed by atoms with van der Waals surface area (Å²) >= 11 is 0. The monoisotopic (exact) mass is 328 g/mol. The number of esters is 1. The summed E-state index contributed by atoms with van der Waals surface area (Å²) < 4.78 is 5.43. The third kappa shape index (κ3) is 2.85. The molecular formula is C22H16O3. The van der Waals surface area contributed by atoms with E-state index < -0.39 is 5.97 Å². The Bertz CT molecular complexity index is 987. The second-order valence-corrected chi connectivity index (χ2v) is 6.22. The minimum absolute atomic E-state index is 0.0470. The molecule has 122 valence electrons. The molecule has 3 nitrogen and oxygen atoms in total. The van der Waals surface area contributed by atoms with Gasteiger partial charge >= 0.3 is 5.97 Å². The number of aryl methyl sites for hydroxylation is 1. The zero-order valence-corrected chi connectivity index (χ0v) is 13.8. The molecular weight excluding hydrogens is 312 g/mol. The van der Waals surface area contributed by atoms with E-state index in [1.807, 2.05) is 31.2 Å². The van der Waals surface area contributed by atoms with Crippen LogP contribution in [0.1, 0.15) is 31.8 Å². The smallest absolute Gasteiger partial charge is 0.343 e. The number of Topliss-reactive ketones (excluding diaryl/α,β-unsaturated/α-hetero) is 1. The van der Waals surface area contributed by atoms with Gasteiger partial charge < -0.3 is 4.74 Å². The first-order valence-corrected chi connectivity index (χ1v) is 8.16. The molecule has 3 aromatic carbocycles. The van der Waals surface area contributed by atoms with E-state index in [0.717, 1.165) is 22.3 Å². The van der Waals surface area contributed by atoms with Gasteiger partial charge in [-0.15, -0.1) is 0 Å². The first kappa shape index (κ1) is 15.3. The van der Waals surface area contributed by atoms with Crippen molar-refractivity contribution in [1.29, 1.82) is 0 Å². The Balaban J connectivity index is 1.69. The molecule has 25 heavy (non-hydrogen) atoms. The van der Waals surface area contributed by atoms with Gasteiger partial charge in [0.25, 0.3) is 0 Å². The highest BCUT2D eigenvalue weighted by molar-refractivity contribution is 6.07. The molecule has 0 saturated carbocycles. The van der Waals surface area contributed by atoms with Crippen molar-refractivity contribution in [2.24, 2.45) is 0 Å². The predicted octanol–water partition coefficient (Wildman–Crippen LogP) is 4.62. The molecule has 0 amide bonds. The van der Waals surface area contributed by atoms with E-state index in [1.165, 1.54) is 0 Å². The lowest BCUT2D eigenvalue weighted by atomic mass is 9.84. The fourth-order valence-electron chi connectivity index (χ4n) is 3.19. The number of hydrogen-bond acceptors (Lipinski definition) is 3. The number of carbonyl (C=O) groups excluding carboxylic acids is 2. The number of ether oxygens (including phenoxy) is 1. The summed E-state index contributed by atoms with van der Waals surface area (Å²) in [4.78, 5) is 24.7. The van der Waals surface area contributed by atoms with E-state index in [9.17, 15) is 9.59 Å². The Morgan fingerprint density at radius 3 is 2.44 bits per heavy atom. The number of fused-ring (bicyclic) bond motifs is 3. The summed E-state index contributed by atoms with van der Waals surface area (Å²) in [6.07, 6.45) is 0.375. The SMILES string of the molecule is Cc1ccc2c(c1)CC(=O)c1cc(OC(=O)c3ccccc3)ccc1-2. The van der Waals surface area contributed by atoms with Crippen LogP contribution in [0, 0.1) is 6.92 Å². The molecule has 0 N–H and O–H groups in total. The fraction of sp³-hybridized carbons (Fsp3) is 0.0909. The van der Waals surface area contributed by atoms with Crippen LogP contribution in [0.4, 0.5) is 0 Å². The zero-order valence-electron chi connectivity index (χ0n) is 13.8. The van der Waals surface area contributed by atoms with Crippen molar-refractivity contribution in [3.8, 4) is 16.9 Å². The van der Waals surface area contributed by atoms with Crippen LogP contribution in [0.2, 0.25) is 0 Å². The number of carbonyl (C=O) groups is 2. The predicted molar refractivity (Wildman–Crippen MR) is 96.1 cm³/mol. The molecule has 1 aliphatic carbocycles. The standard InChI is InChI=1S/C22H16O3/c1-14-7-9-18-16(11-14)12-21(23)20-13-17(8-10-19(18)20)25-22(24)15-5-3-2-4-6-15/h2-11,13H,12H2,1H3. The summed E-state index contributed by atoms with van der Waals surface area (Å²) in [6, 6.07) is 20.2. The Morgan fingerprint density at radius 2 is 1.64 bits per heavy atom. The van der Waals surface area contributed by atoms with Crippen LogP contribution in [-0.2, 0) is 6.42 Å². The lowest BCUT2D eigenvalue weighted by molar-refractivity contribution is 0.0733. The van der Waals surface area contributed by atoms with Gasteiger partial charge in [0.15, 0.2) is 5.78 Å². The van der Waals surface area contributed by atoms with E-state index in [1.54, 1.807) is 36.4 Å². The van der Waals surface area contributed by atoms with Crippen LogP contribution >= 0.6 is 0 Å². The maximum Gasteiger partial charge on any atom is 0.343 e. The van der Waals surface area contributed by atoms with Gasteiger partial charge in [-0.05, 0) is 53.9 Å². The van der Waals surface area contributed by atoms with Crippen molar-refractivity contribution >= 4 is 11.8 Å². The van der Waals surface area contributed by atoms with Gasteiger partial charge in [-0.2, -0.15) is 0 Å². The highest BCUT2D eigenvalue weighted by Gasteiger charge is 2.23. The van der Waals surface area contributed by atoms with E-state index >= 15 is 0 Å². The average Bonchev–Trinajstić information content (AvgIpc) is 2.62. The van der Waals surface area contributed by atoms with E-state index in [4.69, 9.17) is 4.74 Å². The molecule has 0 radical (unpaired) electrons. The third-order valence-corrected chi connectivity index (χ3v) is 4.41. The van der Waals surface area contributed by atoms with Crippen LogP contribution < -0.4 is 4.74 Å². The Morgan fingerprint density at radius 1 is 0.880 bits per heavy atom. The van der Waals surface area contributed by atoms with Gasteiger partial charge in [-0.3, -0.25) is 4.79 Å². The molecule has 3 aromatic rings. The maximum atomic E-state index is 12.5. The Hall–Kier alpha value is -3.20. The average molecular weight is 328 g/mol. The summed E-state index contributed by atoms with van der Waals surface area (Å²) in [6.45, 7) is 2.02. The normalized spacial score (nSPS) is 12.3. The largest absolute Gasteiger partial charge is 0.423 e. The molecule has 0 spiro atoms. The first-order valence-electron chi connectivity index (χ1n) is 8.16. The quantitative estimate of drug-likeness (QED) is 0.509. The molecule has 0 bridgehead atoms. The van der Waals surface area contributed by atoms with Crippen LogP contribution in [0.15, 0.2) is 66.7 Å². The van der Waals surface area contributed by atoms with Crippen molar-refractivity contribution in [2.75, 3.05) is 0 Å². The number of benzene rings is 3. The van der Waals surface area contributed by atoms with Crippen LogP contribution in [0.5, 0.6) is 5.75 Å². The summed E-state index contributed by atoms with van der Waals surface area (Å²) in [5.41, 5.74) is 5.24. The molecule has 0 unspecified atom stereocenters. The third-order valence-electron chi connectivity index (χ3n) is 4.41. The van der Waals surface area contributed by atoms with Gasteiger partial charge in [-0.1, -0.05) is 42.0 Å². The minimum atomic E-state index is -0.431. The van der Waals surface area contributed by atoms with Gasteiger partial charge in [-0.25, -0.2) is 4.79 Å². The molecule has 0 atom stereocenters. The Labute approximate surface area is 145 Å². The molecule has 0 aliphatic heterocycles. The molecule has 0 heterocycles. The van der Waals surface area contributed by atoms with Gasteiger partial charge in [0.05, 0.1) is 5.56 Å². The molecule has 3 heteroatoms. The van der Waals surface area contributed by atoms with Crippen LogP contribution in [-0.4, -0.2) is 11.8 Å². The van der Waals surface area contributed by atoms with E-state index in [2.05, 4.69) is 6.07 Å². The van der Waals surface area contributed by atoms with E-state index in [-0.39, 0.29) is 5.78 Å². The highest BCUT2D eigenvalue weighted by atomic mass is 16.5. The number of hydrogen-bond donors (Lipinski definition) is 0. The van der Waals surface area contributed by atoms with Gasteiger partial charge in [0.2, 0.25) is 0 Å². The van der Waals surface area contributed by atoms with Crippen molar-refractivity contribution in [3.63, 3.8) is 0 Å². The zero-order chi connectivity index (χ0) is 17.4. The number of ketones is 1. The molecule has 1 aliphatic rings. The molecule has 0 aromatic heterocycles. The van der Waals surface area contributed by atoms with Gasteiger partial charge in [0.1, 0.15) is 5.75 Å². The number of rotatable bonds is 2. The van der Waals surface area contributed by atoms with Crippen LogP contribution in [0.3, 0.4) is 0 Å². The van der Waals surface area contributed by atoms with Crippen molar-refractivity contribution in [2.45, 2.75) is 13.3 Å². The Kier molecular flexibility index (Phi) is 3.69. The van der Waals surface area contributed by atoms with Crippen molar-refractivity contribution < 1.29 is 14.3 Å². The second kappa shape index (κ2) is 6.02. The van der Waals surface area contributed by atoms with Crippen molar-refractivity contribution in [3.05, 3.63) is 89.0 Å². The summed E-state index contributed by atoms with van der Waals surface area (Å²) in [5, 5.41) is 0. The van der Waals surface area contributed by atoms with Crippen molar-refractivity contribution in [1.82, 2.24) is 0 Å². The lowest BCUT2D eigenvalue weighted by Gasteiger charge is -2.20.